The highest BCUT2D eigenvalue weighted by Gasteiger charge is 2.39. The van der Waals surface area contributed by atoms with Crippen LogP contribution in [0.25, 0.3) is 0 Å². The minimum absolute atomic E-state index is 0.111. The average molecular weight is 349 g/mol. The van der Waals surface area contributed by atoms with Gasteiger partial charge in [0.15, 0.2) is 0 Å². The Kier molecular flexibility index (Phi) is 4.15. The van der Waals surface area contributed by atoms with Crippen molar-refractivity contribution in [2.24, 2.45) is 0 Å². The summed E-state index contributed by atoms with van der Waals surface area (Å²) < 4.78 is 22.0. The Labute approximate surface area is 146 Å². The molecule has 2 aliphatic rings. The van der Waals surface area contributed by atoms with E-state index in [2.05, 4.69) is 0 Å². The standard InChI is InChI=1S/C18H23NO6/c1-17(2,3)25-16(21)19-9-14(23-15(19)20)11-6-7-13-12(8-11)10-22-18(4,5)24-13/h6-8,14H,9-10H2,1-5H3/t14-/m0/s1. The Bertz CT molecular complexity index is 706. The number of imide groups is 1. The Hall–Kier alpha value is -2.28. The first-order valence-electron chi connectivity index (χ1n) is 8.21. The largest absolute Gasteiger partial charge is 0.463 e. The summed E-state index contributed by atoms with van der Waals surface area (Å²) in [5, 5.41) is 0. The summed E-state index contributed by atoms with van der Waals surface area (Å²) in [4.78, 5) is 25.1. The van der Waals surface area contributed by atoms with E-state index in [9.17, 15) is 9.59 Å². The first-order valence-corrected chi connectivity index (χ1v) is 8.21. The highest BCUT2D eigenvalue weighted by Crippen LogP contribution is 2.35. The summed E-state index contributed by atoms with van der Waals surface area (Å²) in [7, 11) is 0. The van der Waals surface area contributed by atoms with Crippen LogP contribution in [-0.2, 0) is 20.8 Å². The SMILES string of the molecule is CC(C)(C)OC(=O)N1C[C@@H](c2ccc3c(c2)COC(C)(C)O3)OC1=O. The van der Waals surface area contributed by atoms with Crippen molar-refractivity contribution in [2.45, 2.75) is 58.7 Å². The molecule has 2 amide bonds. The van der Waals surface area contributed by atoms with E-state index in [1.54, 1.807) is 20.8 Å². The van der Waals surface area contributed by atoms with Gasteiger partial charge in [-0.25, -0.2) is 14.5 Å². The van der Waals surface area contributed by atoms with Crippen LogP contribution in [0.5, 0.6) is 5.75 Å². The lowest BCUT2D eigenvalue weighted by Crippen LogP contribution is -2.37. The van der Waals surface area contributed by atoms with Crippen LogP contribution in [-0.4, -0.2) is 35.0 Å². The van der Waals surface area contributed by atoms with Gasteiger partial charge in [-0.05, 0) is 38.5 Å². The predicted molar refractivity (Wildman–Crippen MR) is 88.1 cm³/mol. The maximum absolute atomic E-state index is 12.1. The number of carbonyl (C=O) groups excluding carboxylic acids is 2. The van der Waals surface area contributed by atoms with Gasteiger partial charge >= 0.3 is 12.2 Å². The molecule has 0 aromatic heterocycles. The van der Waals surface area contributed by atoms with Crippen LogP contribution in [0, 0.1) is 0 Å². The number of cyclic esters (lactones) is 1. The molecule has 2 heterocycles. The van der Waals surface area contributed by atoms with E-state index in [1.165, 1.54) is 0 Å². The van der Waals surface area contributed by atoms with Crippen LogP contribution in [0.4, 0.5) is 9.59 Å². The van der Waals surface area contributed by atoms with Gasteiger partial charge in [-0.1, -0.05) is 6.07 Å². The van der Waals surface area contributed by atoms with Gasteiger partial charge in [-0.3, -0.25) is 0 Å². The quantitative estimate of drug-likeness (QED) is 0.768. The highest BCUT2D eigenvalue weighted by atomic mass is 16.7. The highest BCUT2D eigenvalue weighted by molar-refractivity contribution is 5.89. The second-order valence-corrected chi connectivity index (χ2v) is 7.62. The summed E-state index contributed by atoms with van der Waals surface area (Å²) in [5.41, 5.74) is 0.983. The molecule has 0 aliphatic carbocycles. The zero-order valence-corrected chi connectivity index (χ0v) is 15.1. The Morgan fingerprint density at radius 2 is 2.04 bits per heavy atom. The fourth-order valence-electron chi connectivity index (χ4n) is 2.66. The summed E-state index contributed by atoms with van der Waals surface area (Å²) >= 11 is 0. The monoisotopic (exact) mass is 349 g/mol. The van der Waals surface area contributed by atoms with Gasteiger partial charge in [0.1, 0.15) is 17.5 Å². The third-order valence-corrected chi connectivity index (χ3v) is 3.81. The normalized spacial score (nSPS) is 22.0. The fraction of sp³-hybridized carbons (Fsp3) is 0.556. The molecule has 136 valence electrons. The van der Waals surface area contributed by atoms with Crippen molar-refractivity contribution in [3.63, 3.8) is 0 Å². The van der Waals surface area contributed by atoms with E-state index < -0.39 is 29.7 Å². The molecule has 1 saturated heterocycles. The minimum atomic E-state index is -0.703. The maximum atomic E-state index is 12.1. The summed E-state index contributed by atoms with van der Waals surface area (Å²) in [6.07, 6.45) is -1.95. The first kappa shape index (κ1) is 17.5. The molecule has 0 spiro atoms. The van der Waals surface area contributed by atoms with Gasteiger partial charge < -0.3 is 18.9 Å². The molecule has 1 atom stereocenters. The molecular weight excluding hydrogens is 326 g/mol. The Balaban J connectivity index is 1.74. The zero-order chi connectivity index (χ0) is 18.4. The van der Waals surface area contributed by atoms with Crippen molar-refractivity contribution in [1.82, 2.24) is 4.90 Å². The molecule has 0 radical (unpaired) electrons. The molecule has 3 rings (SSSR count). The lowest BCUT2D eigenvalue weighted by Gasteiger charge is -2.32. The van der Waals surface area contributed by atoms with Crippen LogP contribution in [0.3, 0.4) is 0 Å². The molecule has 1 fully saturated rings. The number of benzene rings is 1. The molecule has 0 N–H and O–H groups in total. The van der Waals surface area contributed by atoms with Gasteiger partial charge in [0, 0.05) is 19.4 Å². The van der Waals surface area contributed by atoms with E-state index in [1.807, 2.05) is 32.0 Å². The third-order valence-electron chi connectivity index (χ3n) is 3.81. The molecule has 1 aromatic carbocycles. The van der Waals surface area contributed by atoms with Gasteiger partial charge in [0.2, 0.25) is 5.79 Å². The molecule has 0 bridgehead atoms. The van der Waals surface area contributed by atoms with Gasteiger partial charge in [0.05, 0.1) is 13.2 Å². The molecule has 2 aliphatic heterocycles. The smallest absolute Gasteiger partial charge is 0.420 e. The van der Waals surface area contributed by atoms with Crippen LogP contribution < -0.4 is 4.74 Å². The number of rotatable bonds is 1. The second kappa shape index (κ2) is 5.91. The maximum Gasteiger partial charge on any atom is 0.420 e. The lowest BCUT2D eigenvalue weighted by atomic mass is 10.0. The molecule has 25 heavy (non-hydrogen) atoms. The van der Waals surface area contributed by atoms with E-state index in [-0.39, 0.29) is 6.54 Å². The van der Waals surface area contributed by atoms with Gasteiger partial charge in [0.25, 0.3) is 0 Å². The number of amides is 2. The van der Waals surface area contributed by atoms with E-state index in [0.29, 0.717) is 6.61 Å². The van der Waals surface area contributed by atoms with E-state index >= 15 is 0 Å². The van der Waals surface area contributed by atoms with Crippen LogP contribution in [0.15, 0.2) is 18.2 Å². The number of carbonyl (C=O) groups is 2. The number of hydrogen-bond acceptors (Lipinski definition) is 6. The molecular formula is C18H23NO6. The van der Waals surface area contributed by atoms with Crippen molar-refractivity contribution in [3.05, 3.63) is 29.3 Å². The fourth-order valence-corrected chi connectivity index (χ4v) is 2.66. The van der Waals surface area contributed by atoms with Crippen molar-refractivity contribution in [3.8, 4) is 5.75 Å². The summed E-state index contributed by atoms with van der Waals surface area (Å²) in [6, 6.07) is 5.54. The average Bonchev–Trinajstić information content (AvgIpc) is 2.86. The zero-order valence-electron chi connectivity index (χ0n) is 15.1. The van der Waals surface area contributed by atoms with Gasteiger partial charge in [-0.2, -0.15) is 0 Å². The number of ether oxygens (including phenoxy) is 4. The van der Waals surface area contributed by atoms with Gasteiger partial charge in [-0.15, -0.1) is 0 Å². The predicted octanol–water partition coefficient (Wildman–Crippen LogP) is 3.76. The number of hydrogen-bond donors (Lipinski definition) is 0. The first-order chi connectivity index (χ1) is 11.5. The summed E-state index contributed by atoms with van der Waals surface area (Å²) in [5.74, 6) is 0.0790. The Morgan fingerprint density at radius 1 is 1.32 bits per heavy atom. The van der Waals surface area contributed by atoms with Crippen molar-refractivity contribution in [2.75, 3.05) is 6.54 Å². The van der Waals surface area contributed by atoms with Crippen LogP contribution >= 0.6 is 0 Å². The third kappa shape index (κ3) is 3.87. The van der Waals surface area contributed by atoms with E-state index in [4.69, 9.17) is 18.9 Å². The number of nitrogens with zero attached hydrogens (tertiary/aromatic N) is 1. The van der Waals surface area contributed by atoms with Crippen molar-refractivity contribution >= 4 is 12.2 Å². The lowest BCUT2D eigenvalue weighted by molar-refractivity contribution is -0.180. The van der Waals surface area contributed by atoms with Crippen molar-refractivity contribution in [1.29, 1.82) is 0 Å². The second-order valence-electron chi connectivity index (χ2n) is 7.62. The van der Waals surface area contributed by atoms with Crippen LogP contribution in [0.2, 0.25) is 0 Å². The molecule has 1 aromatic rings. The topological polar surface area (TPSA) is 74.3 Å². The Morgan fingerprint density at radius 3 is 2.72 bits per heavy atom. The van der Waals surface area contributed by atoms with Crippen molar-refractivity contribution < 1.29 is 28.5 Å². The molecule has 7 heteroatoms. The number of fused-ring (bicyclic) bond motifs is 1. The molecule has 7 nitrogen and oxygen atoms in total. The minimum Gasteiger partial charge on any atom is -0.463 e. The molecule has 0 unspecified atom stereocenters. The molecule has 0 saturated carbocycles. The van der Waals surface area contributed by atoms with E-state index in [0.717, 1.165) is 21.8 Å². The van der Waals surface area contributed by atoms with Crippen LogP contribution in [0.1, 0.15) is 51.8 Å². The summed E-state index contributed by atoms with van der Waals surface area (Å²) in [6.45, 7) is 9.45.